The maximum atomic E-state index is 14.4. The number of esters is 1. The van der Waals surface area contributed by atoms with E-state index in [1.54, 1.807) is 50.1 Å². The fourth-order valence-electron chi connectivity index (χ4n) is 11.1. The summed E-state index contributed by atoms with van der Waals surface area (Å²) >= 11 is 6.83. The zero-order chi connectivity index (χ0) is 66.4. The zero-order valence-electron chi connectivity index (χ0n) is 54.0. The van der Waals surface area contributed by atoms with E-state index in [-0.39, 0.29) is 73.8 Å². The SMILES string of the molecule is COc1cc2cc(c1Cl)N(C)C(=O)C[C@H](OC(=O)[C@H](C)N(C)C(=O)CCCCCNC(=O)CCOCCOCCOCCOCCNC(=O)CCC(=O)N1Cc3ccccc3C#Cc3ccccc31)[C@]1(C)OC1[C@H](C)C1C[C@@](O)(NC(=O)O1)[C@H](OC)C=CC=C(C)C2. The van der Waals surface area contributed by atoms with Gasteiger partial charge in [0.2, 0.25) is 29.5 Å². The molecular weight excluding hydrogens is 1210 g/mol. The van der Waals surface area contributed by atoms with E-state index >= 15 is 0 Å². The number of amides is 6. The molecule has 4 bridgehead atoms. The summed E-state index contributed by atoms with van der Waals surface area (Å²) in [4.78, 5) is 97.7. The monoisotopic (exact) mass is 1300 g/mol. The van der Waals surface area contributed by atoms with Crippen molar-refractivity contribution in [3.8, 4) is 17.6 Å². The molecule has 4 N–H and O–H groups in total. The minimum Gasteiger partial charge on any atom is -0.495 e. The lowest BCUT2D eigenvalue weighted by molar-refractivity contribution is -0.162. The summed E-state index contributed by atoms with van der Waals surface area (Å²) in [5, 5.41) is 20.3. The lowest BCUT2D eigenvalue weighted by Crippen LogP contribution is -2.63. The second-order valence-corrected chi connectivity index (χ2v) is 23.9. The quantitative estimate of drug-likeness (QED) is 0.0250. The third kappa shape index (κ3) is 20.3. The Hall–Kier alpha value is -7.40. The van der Waals surface area contributed by atoms with Crippen molar-refractivity contribution in [2.24, 2.45) is 5.92 Å². The number of carbonyl (C=O) groups is 7. The fourth-order valence-corrected chi connectivity index (χ4v) is 11.4. The van der Waals surface area contributed by atoms with Crippen molar-refractivity contribution < 1.29 is 81.3 Å². The number of aliphatic hydroxyl groups is 1. The number of rotatable bonds is 29. The number of nitrogens with one attached hydrogen (secondary N) is 3. The number of nitrogens with zero attached hydrogens (tertiary/aromatic N) is 3. The van der Waals surface area contributed by atoms with Gasteiger partial charge in [-0.15, -0.1) is 0 Å². The Labute approximate surface area is 544 Å². The maximum absolute atomic E-state index is 14.4. The highest BCUT2D eigenvalue weighted by Crippen LogP contribution is 2.49. The number of anilines is 2. The molecule has 2 unspecified atom stereocenters. The van der Waals surface area contributed by atoms with E-state index < -0.39 is 65.7 Å². The number of fused-ring (bicyclic) bond motifs is 7. The molecule has 7 rings (SSSR count). The Morgan fingerprint density at radius 1 is 0.837 bits per heavy atom. The molecule has 6 amide bonds. The summed E-state index contributed by atoms with van der Waals surface area (Å²) in [5.41, 5.74) is 2.21. The first-order chi connectivity index (χ1) is 44.2. The van der Waals surface area contributed by atoms with Crippen molar-refractivity contribution in [3.63, 3.8) is 0 Å². The van der Waals surface area contributed by atoms with E-state index in [4.69, 9.17) is 54.2 Å². The second-order valence-electron chi connectivity index (χ2n) is 23.5. The molecule has 4 heterocycles. The minimum absolute atomic E-state index is 0.0464. The molecule has 3 aromatic carbocycles. The predicted octanol–water partition coefficient (Wildman–Crippen LogP) is 6.49. The maximum Gasteiger partial charge on any atom is 0.409 e. The number of benzene rings is 3. The van der Waals surface area contributed by atoms with Crippen molar-refractivity contribution >= 4 is 64.6 Å². The summed E-state index contributed by atoms with van der Waals surface area (Å²) in [6.45, 7) is 10.5. The molecule has 0 spiro atoms. The van der Waals surface area contributed by atoms with Crippen LogP contribution in [0, 0.1) is 17.8 Å². The van der Waals surface area contributed by atoms with Crippen LogP contribution >= 0.6 is 11.6 Å². The van der Waals surface area contributed by atoms with Crippen molar-refractivity contribution in [3.05, 3.63) is 112 Å². The van der Waals surface area contributed by atoms with Crippen LogP contribution in [0.5, 0.6) is 5.75 Å². The molecule has 0 aliphatic carbocycles. The largest absolute Gasteiger partial charge is 0.495 e. The number of alkyl carbamates (subject to hydrolysis) is 1. The van der Waals surface area contributed by atoms with Crippen LogP contribution in [-0.2, 0) is 79.6 Å². The van der Waals surface area contributed by atoms with Crippen molar-refractivity contribution in [2.75, 3.05) is 104 Å². The van der Waals surface area contributed by atoms with Gasteiger partial charge < -0.3 is 73.1 Å². The number of carbonyl (C=O) groups excluding carboxylic acids is 7. The van der Waals surface area contributed by atoms with E-state index in [1.165, 1.54) is 38.0 Å². The number of unbranched alkanes of at least 4 members (excludes halogenated alkanes) is 2. The number of ether oxygens (including phenoxy) is 9. The van der Waals surface area contributed by atoms with Crippen LogP contribution in [0.4, 0.5) is 16.2 Å². The Morgan fingerprint density at radius 2 is 1.49 bits per heavy atom. The van der Waals surface area contributed by atoms with Crippen LogP contribution in [0.3, 0.4) is 0 Å². The Kier molecular flexibility index (Phi) is 27.4. The van der Waals surface area contributed by atoms with Gasteiger partial charge in [0.15, 0.2) is 5.72 Å². The number of likely N-dealkylation sites (N-methyl/N-ethyl adjacent to an activating group) is 1. The molecule has 3 aromatic rings. The first-order valence-electron chi connectivity index (χ1n) is 31.3. The summed E-state index contributed by atoms with van der Waals surface area (Å²) < 4.78 is 51.7. The Bertz CT molecular complexity index is 3190. The Morgan fingerprint density at radius 3 is 2.21 bits per heavy atom. The molecule has 2 fully saturated rings. The molecule has 23 nitrogen and oxygen atoms in total. The van der Waals surface area contributed by atoms with Crippen LogP contribution in [0.15, 0.2) is 84.5 Å². The van der Waals surface area contributed by atoms with Gasteiger partial charge in [0.25, 0.3) is 0 Å². The Balaban J connectivity index is 0.739. The number of epoxide rings is 1. The standard InChI is InChI=1S/C68H89ClN6O17/c1-45-17-16-22-56(85-8)68(83)43-55(90-66(82)72-68)46(2)64-67(4,92-64)57(42-62(80)74(6)53-40-48(39-45)41-54(84-7)63(53)69)91-65(81)47(3)73(5)60(78)23-10-9-15-29-70-59(77)28-31-86-33-35-88-37-38-89-36-34-87-32-30-71-58(76)26-27-61(79)75-44-51-20-12-11-18-49(51)24-25-50-19-13-14-21-52(50)75/h11-14,16-22,40-41,46-47,55-57,64,83H,9-10,15,23,26-39,42-44H2,1-8H3,(H,70,77)(H,71,76)(H,72,82)/t46-,47+,55?,56-,57+,64?,67+,68+/m1/s1. The summed E-state index contributed by atoms with van der Waals surface area (Å²) in [5.74, 6) is 4.05. The number of hydrogen-bond donors (Lipinski definition) is 4. The molecule has 8 atom stereocenters. The smallest absolute Gasteiger partial charge is 0.409 e. The van der Waals surface area contributed by atoms with Gasteiger partial charge in [0.05, 0.1) is 90.4 Å². The third-order valence-corrected chi connectivity index (χ3v) is 17.2. The van der Waals surface area contributed by atoms with Gasteiger partial charge in [0, 0.05) is 83.4 Å². The average Bonchev–Trinajstić information content (AvgIpc) is 1.58. The predicted molar refractivity (Wildman–Crippen MR) is 343 cm³/mol. The summed E-state index contributed by atoms with van der Waals surface area (Å²) in [6.07, 6.45) is 2.71. The molecule has 2 saturated heterocycles. The normalized spacial score (nSPS) is 22.2. The van der Waals surface area contributed by atoms with E-state index in [9.17, 15) is 38.7 Å². The van der Waals surface area contributed by atoms with Crippen LogP contribution in [0.25, 0.3) is 0 Å². The number of hydrogen-bond acceptors (Lipinski definition) is 17. The van der Waals surface area contributed by atoms with Crippen molar-refractivity contribution in [2.45, 2.75) is 140 Å². The molecule has 24 heteroatoms. The molecule has 4 aliphatic heterocycles. The van der Waals surface area contributed by atoms with Crippen LogP contribution in [-0.4, -0.2) is 188 Å². The van der Waals surface area contributed by atoms with Gasteiger partial charge in [-0.25, -0.2) is 9.59 Å². The topological polar surface area (TPSA) is 272 Å². The molecular formula is C68H89ClN6O17. The highest BCUT2D eigenvalue weighted by molar-refractivity contribution is 6.35. The van der Waals surface area contributed by atoms with Gasteiger partial charge in [0.1, 0.15) is 40.7 Å². The molecule has 92 heavy (non-hydrogen) atoms. The van der Waals surface area contributed by atoms with Crippen molar-refractivity contribution in [1.82, 2.24) is 20.9 Å². The van der Waals surface area contributed by atoms with Crippen LogP contribution < -0.4 is 30.5 Å². The summed E-state index contributed by atoms with van der Waals surface area (Å²) in [6, 6.07) is 17.8. The highest BCUT2D eigenvalue weighted by atomic mass is 35.5. The van der Waals surface area contributed by atoms with E-state index in [0.717, 1.165) is 33.5 Å². The van der Waals surface area contributed by atoms with Crippen LogP contribution in [0.1, 0.15) is 108 Å². The lowest BCUT2D eigenvalue weighted by Gasteiger charge is -2.42. The van der Waals surface area contributed by atoms with Gasteiger partial charge in [-0.3, -0.25) is 29.3 Å². The first-order valence-corrected chi connectivity index (χ1v) is 31.7. The van der Waals surface area contributed by atoms with Gasteiger partial charge >= 0.3 is 12.1 Å². The molecule has 0 aromatic heterocycles. The number of para-hydroxylation sites is 1. The lowest BCUT2D eigenvalue weighted by atomic mass is 9.83. The molecule has 0 saturated carbocycles. The van der Waals surface area contributed by atoms with E-state index in [2.05, 4.69) is 27.8 Å². The van der Waals surface area contributed by atoms with Gasteiger partial charge in [-0.05, 0) is 81.5 Å². The third-order valence-electron chi connectivity index (χ3n) is 16.8. The summed E-state index contributed by atoms with van der Waals surface area (Å²) in [7, 11) is 5.97. The number of allylic oxidation sites excluding steroid dienone is 3. The first kappa shape index (κ1) is 72.0. The number of halogens is 1. The second kappa shape index (κ2) is 35.0. The minimum atomic E-state index is -1.87. The fraction of sp³-hybridized carbons (Fsp3) is 0.544. The van der Waals surface area contributed by atoms with Gasteiger partial charge in [-0.1, -0.05) is 90.9 Å². The zero-order valence-corrected chi connectivity index (χ0v) is 54.8. The average molecular weight is 1300 g/mol. The van der Waals surface area contributed by atoms with Gasteiger partial charge in [-0.2, -0.15) is 0 Å². The molecule has 500 valence electrons. The highest BCUT2D eigenvalue weighted by Gasteiger charge is 2.64. The number of methoxy groups -OCH3 is 2. The molecule has 0 radical (unpaired) electrons. The van der Waals surface area contributed by atoms with E-state index in [0.29, 0.717) is 103 Å². The van der Waals surface area contributed by atoms with Crippen LogP contribution in [0.2, 0.25) is 5.02 Å². The molecule has 4 aliphatic rings. The van der Waals surface area contributed by atoms with Crippen molar-refractivity contribution in [1.29, 1.82) is 0 Å². The van der Waals surface area contributed by atoms with E-state index in [1.807, 2.05) is 61.5 Å².